The second kappa shape index (κ2) is 6.36. The lowest BCUT2D eigenvalue weighted by Crippen LogP contribution is -2.02. The maximum Gasteiger partial charge on any atom is 0.373 e. The Morgan fingerprint density at radius 2 is 2.18 bits per heavy atom. The fraction of sp³-hybridized carbons (Fsp3) is 0.636. The van der Waals surface area contributed by atoms with Gasteiger partial charge in [-0.2, -0.15) is 0 Å². The minimum Gasteiger partial charge on any atom is -0.475 e. The van der Waals surface area contributed by atoms with E-state index < -0.39 is 5.97 Å². The Hall–Kier alpha value is -1.40. The van der Waals surface area contributed by atoms with Crippen LogP contribution in [0.2, 0.25) is 0 Å². The van der Waals surface area contributed by atoms with E-state index in [0.717, 1.165) is 0 Å². The van der Waals surface area contributed by atoms with Crippen molar-refractivity contribution < 1.29 is 23.8 Å². The van der Waals surface area contributed by atoms with Gasteiger partial charge in [-0.15, -0.1) is 0 Å². The van der Waals surface area contributed by atoms with Crippen LogP contribution in [0.5, 0.6) is 0 Å². The normalized spacial score (nSPS) is 11.1. The molecule has 1 heterocycles. The SMILES string of the molecule is COCCOCc1nc(C(C)C)c(C(=O)O)o1. The monoisotopic (exact) mass is 243 g/mol. The minimum absolute atomic E-state index is 0.00225. The van der Waals surface area contributed by atoms with Gasteiger partial charge in [0, 0.05) is 7.11 Å². The highest BCUT2D eigenvalue weighted by molar-refractivity contribution is 5.85. The number of rotatable bonds is 7. The van der Waals surface area contributed by atoms with Gasteiger partial charge in [-0.1, -0.05) is 13.8 Å². The minimum atomic E-state index is -1.11. The lowest BCUT2D eigenvalue weighted by molar-refractivity contribution is 0.0494. The maximum absolute atomic E-state index is 10.9. The van der Waals surface area contributed by atoms with Crippen LogP contribution in [0.15, 0.2) is 4.42 Å². The highest BCUT2D eigenvalue weighted by atomic mass is 16.5. The first-order valence-electron chi connectivity index (χ1n) is 5.35. The van der Waals surface area contributed by atoms with Gasteiger partial charge in [0.15, 0.2) is 0 Å². The van der Waals surface area contributed by atoms with Crippen LogP contribution in [0.25, 0.3) is 0 Å². The van der Waals surface area contributed by atoms with Crippen LogP contribution in [0.3, 0.4) is 0 Å². The molecule has 0 saturated heterocycles. The van der Waals surface area contributed by atoms with E-state index >= 15 is 0 Å². The van der Waals surface area contributed by atoms with E-state index in [4.69, 9.17) is 19.0 Å². The third-order valence-corrected chi connectivity index (χ3v) is 2.10. The summed E-state index contributed by atoms with van der Waals surface area (Å²) in [6, 6.07) is 0. The van der Waals surface area contributed by atoms with E-state index in [0.29, 0.717) is 18.9 Å². The van der Waals surface area contributed by atoms with Crippen LogP contribution in [0.4, 0.5) is 0 Å². The lowest BCUT2D eigenvalue weighted by Gasteiger charge is -1.99. The highest BCUT2D eigenvalue weighted by Crippen LogP contribution is 2.20. The molecule has 1 rings (SSSR count). The molecule has 0 radical (unpaired) electrons. The molecule has 0 amide bonds. The quantitative estimate of drug-likeness (QED) is 0.733. The number of ether oxygens (including phenoxy) is 2. The van der Waals surface area contributed by atoms with Crippen molar-refractivity contribution in [2.24, 2.45) is 0 Å². The molecule has 1 aromatic rings. The van der Waals surface area contributed by atoms with E-state index in [9.17, 15) is 4.79 Å². The molecule has 0 aromatic carbocycles. The van der Waals surface area contributed by atoms with Crippen molar-refractivity contribution in [1.82, 2.24) is 4.98 Å². The molecule has 6 heteroatoms. The summed E-state index contributed by atoms with van der Waals surface area (Å²) in [7, 11) is 1.58. The largest absolute Gasteiger partial charge is 0.475 e. The molecular formula is C11H17NO5. The van der Waals surface area contributed by atoms with Crippen LogP contribution in [-0.4, -0.2) is 36.4 Å². The molecule has 1 aromatic heterocycles. The van der Waals surface area contributed by atoms with E-state index in [1.165, 1.54) is 0 Å². The standard InChI is InChI=1S/C11H17NO5/c1-7(2)9-10(11(13)14)17-8(12-9)6-16-5-4-15-3/h7H,4-6H2,1-3H3,(H,13,14). The van der Waals surface area contributed by atoms with E-state index in [2.05, 4.69) is 4.98 Å². The van der Waals surface area contributed by atoms with Crippen LogP contribution >= 0.6 is 0 Å². The molecule has 0 spiro atoms. The van der Waals surface area contributed by atoms with Gasteiger partial charge in [0.05, 0.1) is 18.9 Å². The van der Waals surface area contributed by atoms with Crippen molar-refractivity contribution in [3.05, 3.63) is 17.3 Å². The molecule has 0 aliphatic heterocycles. The van der Waals surface area contributed by atoms with Gasteiger partial charge in [-0.3, -0.25) is 0 Å². The average molecular weight is 243 g/mol. The van der Waals surface area contributed by atoms with Crippen molar-refractivity contribution in [2.75, 3.05) is 20.3 Å². The zero-order valence-electron chi connectivity index (χ0n) is 10.2. The molecule has 0 aliphatic carbocycles. The van der Waals surface area contributed by atoms with Gasteiger partial charge < -0.3 is 19.0 Å². The number of nitrogens with zero attached hydrogens (tertiary/aromatic N) is 1. The van der Waals surface area contributed by atoms with Gasteiger partial charge in [0.1, 0.15) is 6.61 Å². The lowest BCUT2D eigenvalue weighted by atomic mass is 10.1. The molecule has 0 saturated carbocycles. The Balaban J connectivity index is 2.68. The van der Waals surface area contributed by atoms with Crippen molar-refractivity contribution in [3.8, 4) is 0 Å². The third-order valence-electron chi connectivity index (χ3n) is 2.10. The average Bonchev–Trinajstić information content (AvgIpc) is 2.69. The predicted octanol–water partition coefficient (Wildman–Crippen LogP) is 1.66. The second-order valence-corrected chi connectivity index (χ2v) is 3.83. The van der Waals surface area contributed by atoms with Crippen molar-refractivity contribution in [1.29, 1.82) is 0 Å². The molecule has 0 atom stereocenters. The molecule has 0 aliphatic rings. The molecule has 1 N–H and O–H groups in total. The number of aromatic carboxylic acids is 1. The summed E-state index contributed by atoms with van der Waals surface area (Å²) in [6.45, 7) is 4.76. The fourth-order valence-electron chi connectivity index (χ4n) is 1.29. The fourth-order valence-corrected chi connectivity index (χ4v) is 1.29. The molecule has 0 unspecified atom stereocenters. The Labute approximate surface area is 99.5 Å². The topological polar surface area (TPSA) is 81.8 Å². The van der Waals surface area contributed by atoms with Crippen LogP contribution < -0.4 is 0 Å². The number of carboxylic acid groups (broad SMARTS) is 1. The number of carboxylic acids is 1. The molecular weight excluding hydrogens is 226 g/mol. The van der Waals surface area contributed by atoms with E-state index in [1.54, 1.807) is 7.11 Å². The van der Waals surface area contributed by atoms with Crippen LogP contribution in [0, 0.1) is 0 Å². The highest BCUT2D eigenvalue weighted by Gasteiger charge is 2.21. The Kier molecular flexibility index (Phi) is 5.11. The first-order chi connectivity index (χ1) is 8.06. The summed E-state index contributed by atoms with van der Waals surface area (Å²) in [5.41, 5.74) is 0.447. The Morgan fingerprint density at radius 3 is 2.65 bits per heavy atom. The van der Waals surface area contributed by atoms with Crippen molar-refractivity contribution in [2.45, 2.75) is 26.4 Å². The van der Waals surface area contributed by atoms with Gasteiger partial charge in [0.2, 0.25) is 11.7 Å². The molecule has 96 valence electrons. The summed E-state index contributed by atoms with van der Waals surface area (Å²) < 4.78 is 15.2. The zero-order chi connectivity index (χ0) is 12.8. The van der Waals surface area contributed by atoms with Gasteiger partial charge in [-0.05, 0) is 5.92 Å². The predicted molar refractivity (Wildman–Crippen MR) is 59.1 cm³/mol. The third kappa shape index (κ3) is 3.83. The Bertz CT molecular complexity index is 372. The molecule has 6 nitrogen and oxygen atoms in total. The van der Waals surface area contributed by atoms with Crippen LogP contribution in [0.1, 0.15) is 41.9 Å². The van der Waals surface area contributed by atoms with Crippen molar-refractivity contribution in [3.63, 3.8) is 0 Å². The Morgan fingerprint density at radius 1 is 1.47 bits per heavy atom. The molecule has 0 bridgehead atoms. The zero-order valence-corrected chi connectivity index (χ0v) is 10.2. The summed E-state index contributed by atoms with van der Waals surface area (Å²) >= 11 is 0. The smallest absolute Gasteiger partial charge is 0.373 e. The van der Waals surface area contributed by atoms with Crippen LogP contribution in [-0.2, 0) is 16.1 Å². The molecule has 17 heavy (non-hydrogen) atoms. The van der Waals surface area contributed by atoms with Crippen molar-refractivity contribution >= 4 is 5.97 Å². The van der Waals surface area contributed by atoms with Gasteiger partial charge in [-0.25, -0.2) is 9.78 Å². The summed E-state index contributed by atoms with van der Waals surface area (Å²) in [6.07, 6.45) is 0. The molecule has 0 fully saturated rings. The number of methoxy groups -OCH3 is 1. The second-order valence-electron chi connectivity index (χ2n) is 3.83. The number of hydrogen-bond donors (Lipinski definition) is 1. The first kappa shape index (κ1) is 13.7. The van der Waals surface area contributed by atoms with E-state index in [-0.39, 0.29) is 24.2 Å². The summed E-state index contributed by atoms with van der Waals surface area (Å²) in [5, 5.41) is 8.94. The maximum atomic E-state index is 10.9. The number of carbonyl (C=O) groups is 1. The van der Waals surface area contributed by atoms with Gasteiger partial charge >= 0.3 is 5.97 Å². The number of hydrogen-bond acceptors (Lipinski definition) is 5. The summed E-state index contributed by atoms with van der Waals surface area (Å²) in [4.78, 5) is 15.0. The summed E-state index contributed by atoms with van der Waals surface area (Å²) in [5.74, 6) is -0.936. The number of oxazole rings is 1. The van der Waals surface area contributed by atoms with E-state index in [1.807, 2.05) is 13.8 Å². The van der Waals surface area contributed by atoms with Gasteiger partial charge in [0.25, 0.3) is 0 Å². The number of aromatic nitrogens is 1. The first-order valence-corrected chi connectivity index (χ1v) is 5.35.